The van der Waals surface area contributed by atoms with Gasteiger partial charge in [-0.25, -0.2) is 0 Å². The number of primary amides is 1. The number of anilines is 1. The Morgan fingerprint density at radius 1 is 1.27 bits per heavy atom. The van der Waals surface area contributed by atoms with Crippen LogP contribution in [0.15, 0.2) is 24.3 Å². The Morgan fingerprint density at radius 3 is 2.55 bits per heavy atom. The number of ether oxygens (including phenoxy) is 1. The summed E-state index contributed by atoms with van der Waals surface area (Å²) in [6.07, 6.45) is 0. The second-order valence-electron chi connectivity index (χ2n) is 5.51. The molecule has 22 heavy (non-hydrogen) atoms. The molecule has 0 unspecified atom stereocenters. The standard InChI is InChI=1S/C16H25N3O3/c1-4-22-14-8-6-5-7-13(14)18-16(21)11-19(9-12(2)3)10-15(17)20/h5-8,12H,4,9-11H2,1-3H3,(H2,17,20)(H,18,21). The minimum atomic E-state index is -0.442. The molecule has 0 saturated heterocycles. The molecule has 1 aromatic rings. The van der Waals surface area contributed by atoms with Gasteiger partial charge in [-0.2, -0.15) is 0 Å². The SMILES string of the molecule is CCOc1ccccc1NC(=O)CN(CC(N)=O)CC(C)C. The van der Waals surface area contributed by atoms with Gasteiger partial charge < -0.3 is 15.8 Å². The van der Waals surface area contributed by atoms with Crippen molar-refractivity contribution in [3.63, 3.8) is 0 Å². The fourth-order valence-corrected chi connectivity index (χ4v) is 2.17. The minimum Gasteiger partial charge on any atom is -0.492 e. The molecule has 2 amide bonds. The van der Waals surface area contributed by atoms with Gasteiger partial charge in [-0.05, 0) is 25.0 Å². The number of nitrogens with two attached hydrogens (primary N) is 1. The van der Waals surface area contributed by atoms with Crippen molar-refractivity contribution in [3.05, 3.63) is 24.3 Å². The van der Waals surface area contributed by atoms with Crippen LogP contribution in [-0.4, -0.2) is 43.0 Å². The van der Waals surface area contributed by atoms with Crippen LogP contribution in [0.4, 0.5) is 5.69 Å². The van der Waals surface area contributed by atoms with Crippen LogP contribution in [-0.2, 0) is 9.59 Å². The third kappa shape index (κ3) is 6.58. The third-order valence-corrected chi connectivity index (χ3v) is 2.83. The number of amides is 2. The van der Waals surface area contributed by atoms with Crippen molar-refractivity contribution in [2.24, 2.45) is 11.7 Å². The van der Waals surface area contributed by atoms with Crippen molar-refractivity contribution < 1.29 is 14.3 Å². The Balaban J connectivity index is 2.68. The number of carbonyl (C=O) groups excluding carboxylic acids is 2. The lowest BCUT2D eigenvalue weighted by Gasteiger charge is -2.22. The maximum atomic E-state index is 12.2. The lowest BCUT2D eigenvalue weighted by molar-refractivity contribution is -0.121. The van der Waals surface area contributed by atoms with Crippen molar-refractivity contribution in [1.82, 2.24) is 4.90 Å². The summed E-state index contributed by atoms with van der Waals surface area (Å²) >= 11 is 0. The van der Waals surface area contributed by atoms with Gasteiger partial charge in [-0.1, -0.05) is 26.0 Å². The second-order valence-corrected chi connectivity index (χ2v) is 5.51. The molecule has 0 aliphatic carbocycles. The number of rotatable bonds is 9. The molecule has 6 heteroatoms. The van der Waals surface area contributed by atoms with Gasteiger partial charge in [0.25, 0.3) is 0 Å². The van der Waals surface area contributed by atoms with E-state index >= 15 is 0 Å². The van der Waals surface area contributed by atoms with Gasteiger partial charge in [0, 0.05) is 6.54 Å². The molecule has 0 atom stereocenters. The smallest absolute Gasteiger partial charge is 0.238 e. The molecule has 1 rings (SSSR count). The highest BCUT2D eigenvalue weighted by molar-refractivity contribution is 5.94. The molecule has 0 fully saturated rings. The zero-order valence-corrected chi connectivity index (χ0v) is 13.5. The zero-order valence-electron chi connectivity index (χ0n) is 13.5. The monoisotopic (exact) mass is 307 g/mol. The highest BCUT2D eigenvalue weighted by Crippen LogP contribution is 2.23. The molecule has 1 aromatic carbocycles. The molecule has 0 aliphatic rings. The first-order valence-corrected chi connectivity index (χ1v) is 7.44. The molecule has 122 valence electrons. The maximum Gasteiger partial charge on any atom is 0.238 e. The van der Waals surface area contributed by atoms with Crippen molar-refractivity contribution in [3.8, 4) is 5.75 Å². The van der Waals surface area contributed by atoms with Crippen LogP contribution in [0.25, 0.3) is 0 Å². The zero-order chi connectivity index (χ0) is 16.5. The predicted molar refractivity (Wildman–Crippen MR) is 86.7 cm³/mol. The summed E-state index contributed by atoms with van der Waals surface area (Å²) in [6, 6.07) is 7.25. The maximum absolute atomic E-state index is 12.2. The molecular weight excluding hydrogens is 282 g/mol. The quantitative estimate of drug-likeness (QED) is 0.723. The number of carbonyl (C=O) groups is 2. The molecule has 0 aromatic heterocycles. The lowest BCUT2D eigenvalue weighted by Crippen LogP contribution is -2.41. The second kappa shape index (κ2) is 9.04. The van der Waals surface area contributed by atoms with E-state index in [1.165, 1.54) is 0 Å². The highest BCUT2D eigenvalue weighted by Gasteiger charge is 2.15. The van der Waals surface area contributed by atoms with E-state index in [1.807, 2.05) is 32.9 Å². The van der Waals surface area contributed by atoms with Gasteiger partial charge in [0.1, 0.15) is 5.75 Å². The van der Waals surface area contributed by atoms with Gasteiger partial charge in [0.2, 0.25) is 11.8 Å². The number of hydrogen-bond donors (Lipinski definition) is 2. The molecule has 0 radical (unpaired) electrons. The van der Waals surface area contributed by atoms with Crippen LogP contribution >= 0.6 is 0 Å². The summed E-state index contributed by atoms with van der Waals surface area (Å²) in [5.74, 6) is 0.323. The summed E-state index contributed by atoms with van der Waals surface area (Å²) in [4.78, 5) is 25.0. The van der Waals surface area contributed by atoms with E-state index in [0.717, 1.165) is 0 Å². The van der Waals surface area contributed by atoms with E-state index in [-0.39, 0.29) is 19.0 Å². The van der Waals surface area contributed by atoms with Crippen molar-refractivity contribution in [1.29, 1.82) is 0 Å². The molecule has 0 saturated carbocycles. The van der Waals surface area contributed by atoms with Crippen molar-refractivity contribution >= 4 is 17.5 Å². The normalized spacial score (nSPS) is 10.8. The summed E-state index contributed by atoms with van der Waals surface area (Å²) in [5.41, 5.74) is 5.85. The summed E-state index contributed by atoms with van der Waals surface area (Å²) in [7, 11) is 0. The fraction of sp³-hybridized carbons (Fsp3) is 0.500. The highest BCUT2D eigenvalue weighted by atomic mass is 16.5. The Hall–Kier alpha value is -2.08. The van der Waals surface area contributed by atoms with Crippen molar-refractivity contribution in [2.45, 2.75) is 20.8 Å². The molecule has 0 aliphatic heterocycles. The minimum absolute atomic E-state index is 0.0682. The first-order valence-electron chi connectivity index (χ1n) is 7.44. The van der Waals surface area contributed by atoms with Crippen LogP contribution in [0.1, 0.15) is 20.8 Å². The third-order valence-electron chi connectivity index (χ3n) is 2.83. The van der Waals surface area contributed by atoms with E-state index in [9.17, 15) is 9.59 Å². The van der Waals surface area contributed by atoms with Crippen LogP contribution in [0, 0.1) is 5.92 Å². The molecular formula is C16H25N3O3. The summed E-state index contributed by atoms with van der Waals surface area (Å²) in [5, 5.41) is 2.81. The van der Waals surface area contributed by atoms with Crippen LogP contribution < -0.4 is 15.8 Å². The van der Waals surface area contributed by atoms with Crippen molar-refractivity contribution in [2.75, 3.05) is 31.6 Å². The topological polar surface area (TPSA) is 84.7 Å². The van der Waals surface area contributed by atoms with E-state index in [1.54, 1.807) is 17.0 Å². The average molecular weight is 307 g/mol. The predicted octanol–water partition coefficient (Wildman–Crippen LogP) is 1.47. The molecule has 0 spiro atoms. The van der Waals surface area contributed by atoms with Gasteiger partial charge in [0.15, 0.2) is 0 Å². The van der Waals surface area contributed by atoms with Crippen LogP contribution in [0.3, 0.4) is 0 Å². The number of hydrogen-bond acceptors (Lipinski definition) is 4. The largest absolute Gasteiger partial charge is 0.492 e. The Labute approximate surface area is 131 Å². The van der Waals surface area contributed by atoms with Gasteiger partial charge in [0.05, 0.1) is 25.4 Å². The summed E-state index contributed by atoms with van der Waals surface area (Å²) in [6.45, 7) is 7.26. The van der Waals surface area contributed by atoms with E-state index in [0.29, 0.717) is 30.5 Å². The van der Waals surface area contributed by atoms with E-state index in [4.69, 9.17) is 10.5 Å². The van der Waals surface area contributed by atoms with Crippen LogP contribution in [0.5, 0.6) is 5.75 Å². The Bertz CT molecular complexity index is 503. The molecule has 0 bridgehead atoms. The van der Waals surface area contributed by atoms with E-state index in [2.05, 4.69) is 5.32 Å². The summed E-state index contributed by atoms with van der Waals surface area (Å²) < 4.78 is 5.47. The fourth-order valence-electron chi connectivity index (χ4n) is 2.17. The molecule has 6 nitrogen and oxygen atoms in total. The number of para-hydroxylation sites is 2. The number of nitrogens with one attached hydrogen (secondary N) is 1. The number of benzene rings is 1. The Kier molecular flexibility index (Phi) is 7.39. The first-order chi connectivity index (χ1) is 10.4. The Morgan fingerprint density at radius 2 is 1.95 bits per heavy atom. The first kappa shape index (κ1) is 18.0. The van der Waals surface area contributed by atoms with Gasteiger partial charge >= 0.3 is 0 Å². The van der Waals surface area contributed by atoms with Gasteiger partial charge in [-0.3, -0.25) is 14.5 Å². The van der Waals surface area contributed by atoms with Crippen LogP contribution in [0.2, 0.25) is 0 Å². The average Bonchev–Trinajstić information content (AvgIpc) is 2.39. The lowest BCUT2D eigenvalue weighted by atomic mass is 10.2. The molecule has 0 heterocycles. The van der Waals surface area contributed by atoms with E-state index < -0.39 is 5.91 Å². The molecule has 3 N–H and O–H groups in total. The number of nitrogens with zero attached hydrogens (tertiary/aromatic N) is 1. The van der Waals surface area contributed by atoms with Gasteiger partial charge in [-0.15, -0.1) is 0 Å².